The standard InChI is InChI=1S/C19H16ClN5O2/c20-12-4-5-15-13(9-12)14-10-23(8-6-16(14)21-15)18(26)11-25-19(27)24-7-2-1-3-17(24)22-25/h1-5,7,9,21H,6,8,10-11H2. The zero-order valence-electron chi connectivity index (χ0n) is 14.4. The lowest BCUT2D eigenvalue weighted by atomic mass is 10.0. The van der Waals surface area contributed by atoms with E-state index in [1.165, 1.54) is 9.08 Å². The molecule has 27 heavy (non-hydrogen) atoms. The first-order valence-corrected chi connectivity index (χ1v) is 9.09. The molecule has 1 N–H and O–H groups in total. The molecule has 1 aromatic carbocycles. The van der Waals surface area contributed by atoms with Crippen molar-refractivity contribution in [2.45, 2.75) is 19.5 Å². The summed E-state index contributed by atoms with van der Waals surface area (Å²) in [7, 11) is 0. The van der Waals surface area contributed by atoms with Crippen LogP contribution in [0.1, 0.15) is 11.3 Å². The molecule has 3 aromatic heterocycles. The number of rotatable bonds is 2. The van der Waals surface area contributed by atoms with E-state index in [0.29, 0.717) is 23.8 Å². The second-order valence-corrected chi connectivity index (χ2v) is 7.14. The van der Waals surface area contributed by atoms with Crippen molar-refractivity contribution < 1.29 is 4.79 Å². The van der Waals surface area contributed by atoms with Crippen LogP contribution >= 0.6 is 11.6 Å². The zero-order valence-corrected chi connectivity index (χ0v) is 15.1. The topological polar surface area (TPSA) is 75.4 Å². The van der Waals surface area contributed by atoms with Gasteiger partial charge >= 0.3 is 5.69 Å². The highest BCUT2D eigenvalue weighted by molar-refractivity contribution is 6.31. The first kappa shape index (κ1) is 16.1. The lowest BCUT2D eigenvalue weighted by Gasteiger charge is -2.27. The summed E-state index contributed by atoms with van der Waals surface area (Å²) in [6.07, 6.45) is 2.39. The van der Waals surface area contributed by atoms with Crippen LogP contribution in [0.3, 0.4) is 0 Å². The Labute approximate surface area is 158 Å². The second-order valence-electron chi connectivity index (χ2n) is 6.71. The van der Waals surface area contributed by atoms with Gasteiger partial charge in [0, 0.05) is 52.9 Å². The van der Waals surface area contributed by atoms with Crippen LogP contribution in [0, 0.1) is 0 Å². The minimum atomic E-state index is -0.310. The van der Waals surface area contributed by atoms with Gasteiger partial charge in [-0.2, -0.15) is 0 Å². The van der Waals surface area contributed by atoms with E-state index in [2.05, 4.69) is 10.1 Å². The van der Waals surface area contributed by atoms with Gasteiger partial charge in [-0.05, 0) is 30.3 Å². The van der Waals surface area contributed by atoms with E-state index >= 15 is 0 Å². The smallest absolute Gasteiger partial charge is 0.350 e. The predicted octanol–water partition coefficient (Wildman–Crippen LogP) is 2.22. The van der Waals surface area contributed by atoms with Crippen molar-refractivity contribution in [3.63, 3.8) is 0 Å². The number of pyridine rings is 1. The average Bonchev–Trinajstić information content (AvgIpc) is 3.19. The molecule has 8 heteroatoms. The van der Waals surface area contributed by atoms with Gasteiger partial charge in [0.2, 0.25) is 5.91 Å². The molecular weight excluding hydrogens is 366 g/mol. The fourth-order valence-electron chi connectivity index (χ4n) is 3.70. The number of benzene rings is 1. The molecule has 1 aliphatic heterocycles. The van der Waals surface area contributed by atoms with Crippen LogP contribution < -0.4 is 5.69 Å². The third-order valence-corrected chi connectivity index (χ3v) is 5.30. The number of nitrogens with zero attached hydrogens (tertiary/aromatic N) is 4. The molecular formula is C19H16ClN5O2. The van der Waals surface area contributed by atoms with Crippen LogP contribution in [0.5, 0.6) is 0 Å². The van der Waals surface area contributed by atoms with E-state index in [1.54, 1.807) is 23.2 Å². The van der Waals surface area contributed by atoms with Crippen molar-refractivity contribution >= 4 is 34.1 Å². The number of carbonyl (C=O) groups excluding carboxylic acids is 1. The summed E-state index contributed by atoms with van der Waals surface area (Å²) in [6.45, 7) is 1.03. The van der Waals surface area contributed by atoms with E-state index in [0.717, 1.165) is 28.6 Å². The van der Waals surface area contributed by atoms with E-state index < -0.39 is 0 Å². The van der Waals surface area contributed by atoms with E-state index in [9.17, 15) is 9.59 Å². The highest BCUT2D eigenvalue weighted by Crippen LogP contribution is 2.29. The van der Waals surface area contributed by atoms with Gasteiger partial charge in [-0.25, -0.2) is 9.48 Å². The monoisotopic (exact) mass is 381 g/mol. The molecule has 0 atom stereocenters. The highest BCUT2D eigenvalue weighted by atomic mass is 35.5. The van der Waals surface area contributed by atoms with Crippen molar-refractivity contribution in [3.8, 4) is 0 Å². The predicted molar refractivity (Wildman–Crippen MR) is 102 cm³/mol. The summed E-state index contributed by atoms with van der Waals surface area (Å²) in [5, 5.41) is 5.95. The Morgan fingerprint density at radius 3 is 3.00 bits per heavy atom. The van der Waals surface area contributed by atoms with Crippen molar-refractivity contribution in [3.05, 3.63) is 69.4 Å². The number of nitrogens with one attached hydrogen (secondary N) is 1. The molecule has 4 heterocycles. The summed E-state index contributed by atoms with van der Waals surface area (Å²) in [4.78, 5) is 30.4. The molecule has 1 aliphatic rings. The molecule has 4 aromatic rings. The molecule has 0 saturated carbocycles. The lowest BCUT2D eigenvalue weighted by Crippen LogP contribution is -2.39. The van der Waals surface area contributed by atoms with Crippen LogP contribution in [0.4, 0.5) is 0 Å². The molecule has 0 unspecified atom stereocenters. The van der Waals surface area contributed by atoms with Crippen LogP contribution in [0.15, 0.2) is 47.4 Å². The van der Waals surface area contributed by atoms with Gasteiger partial charge in [0.15, 0.2) is 5.65 Å². The Morgan fingerprint density at radius 2 is 2.15 bits per heavy atom. The van der Waals surface area contributed by atoms with Crippen LogP contribution in [-0.4, -0.2) is 36.5 Å². The number of amides is 1. The molecule has 0 aliphatic carbocycles. The SMILES string of the molecule is O=C(Cn1nc2ccccn2c1=O)N1CCc2[nH]c3ccc(Cl)cc3c2C1. The van der Waals surface area contributed by atoms with Gasteiger partial charge in [0.05, 0.1) is 0 Å². The van der Waals surface area contributed by atoms with Crippen LogP contribution in [0.25, 0.3) is 16.6 Å². The Morgan fingerprint density at radius 1 is 1.26 bits per heavy atom. The molecule has 7 nitrogen and oxygen atoms in total. The Hall–Kier alpha value is -3.06. The van der Waals surface area contributed by atoms with Crippen LogP contribution in [-0.2, 0) is 24.3 Å². The van der Waals surface area contributed by atoms with Crippen molar-refractivity contribution in [2.24, 2.45) is 0 Å². The molecule has 136 valence electrons. The fraction of sp³-hybridized carbons (Fsp3) is 0.211. The van der Waals surface area contributed by atoms with Gasteiger partial charge in [-0.15, -0.1) is 5.10 Å². The maximum absolute atomic E-state index is 12.8. The maximum Gasteiger partial charge on any atom is 0.350 e. The maximum atomic E-state index is 12.8. The van der Waals surface area contributed by atoms with Gasteiger partial charge in [-0.3, -0.25) is 9.20 Å². The number of hydrogen-bond acceptors (Lipinski definition) is 3. The third-order valence-electron chi connectivity index (χ3n) is 5.06. The minimum Gasteiger partial charge on any atom is -0.358 e. The average molecular weight is 382 g/mol. The molecule has 0 spiro atoms. The third kappa shape index (κ3) is 2.62. The van der Waals surface area contributed by atoms with Gasteiger partial charge in [0.25, 0.3) is 0 Å². The summed E-state index contributed by atoms with van der Waals surface area (Å²) in [5.74, 6) is -0.123. The minimum absolute atomic E-state index is 0.0705. The van der Waals surface area contributed by atoms with Gasteiger partial charge in [0.1, 0.15) is 6.54 Å². The molecule has 0 fully saturated rings. The van der Waals surface area contributed by atoms with Crippen LogP contribution in [0.2, 0.25) is 5.02 Å². The number of fused-ring (bicyclic) bond motifs is 4. The Bertz CT molecular complexity index is 1250. The fourth-order valence-corrected chi connectivity index (χ4v) is 3.87. The number of hydrogen-bond donors (Lipinski definition) is 1. The summed E-state index contributed by atoms with van der Waals surface area (Å²) < 4.78 is 2.66. The molecule has 0 radical (unpaired) electrons. The number of aromatic amines is 1. The van der Waals surface area contributed by atoms with E-state index in [-0.39, 0.29) is 18.1 Å². The number of aromatic nitrogens is 4. The van der Waals surface area contributed by atoms with Gasteiger partial charge < -0.3 is 9.88 Å². The number of halogens is 1. The largest absolute Gasteiger partial charge is 0.358 e. The Balaban J connectivity index is 1.43. The molecule has 5 rings (SSSR count). The van der Waals surface area contributed by atoms with Crippen molar-refractivity contribution in [1.82, 2.24) is 24.1 Å². The summed E-state index contributed by atoms with van der Waals surface area (Å²) >= 11 is 6.14. The second kappa shape index (κ2) is 5.99. The lowest BCUT2D eigenvalue weighted by molar-refractivity contribution is -0.133. The number of H-pyrrole nitrogens is 1. The first-order chi connectivity index (χ1) is 13.1. The Kier molecular flexibility index (Phi) is 3.58. The highest BCUT2D eigenvalue weighted by Gasteiger charge is 2.25. The first-order valence-electron chi connectivity index (χ1n) is 8.71. The van der Waals surface area contributed by atoms with Gasteiger partial charge in [-0.1, -0.05) is 17.7 Å². The molecule has 0 bridgehead atoms. The summed E-state index contributed by atoms with van der Waals surface area (Å²) in [6, 6.07) is 11.0. The quantitative estimate of drug-likeness (QED) is 0.578. The van der Waals surface area contributed by atoms with Crippen molar-refractivity contribution in [2.75, 3.05) is 6.54 Å². The molecule has 1 amide bonds. The zero-order chi connectivity index (χ0) is 18.5. The van der Waals surface area contributed by atoms with Crippen molar-refractivity contribution in [1.29, 1.82) is 0 Å². The molecule has 0 saturated heterocycles. The van der Waals surface area contributed by atoms with E-state index in [4.69, 9.17) is 11.6 Å². The van der Waals surface area contributed by atoms with E-state index in [1.807, 2.05) is 24.3 Å². The summed E-state index contributed by atoms with van der Waals surface area (Å²) in [5.41, 5.74) is 3.48. The normalized spacial score (nSPS) is 14.0. The number of carbonyl (C=O) groups is 1.